The first kappa shape index (κ1) is 18.7. The van der Waals surface area contributed by atoms with Crippen LogP contribution in [0, 0.1) is 0 Å². The first-order chi connectivity index (χ1) is 11.4. The average Bonchev–Trinajstić information content (AvgIpc) is 2.49. The lowest BCUT2D eigenvalue weighted by Gasteiger charge is -2.14. The number of aliphatic hydroxyl groups excluding tert-OH is 1. The van der Waals surface area contributed by atoms with Gasteiger partial charge in [0.1, 0.15) is 5.75 Å². The number of hydrogen-bond acceptors (Lipinski definition) is 3. The highest BCUT2D eigenvalue weighted by molar-refractivity contribution is 6.35. The van der Waals surface area contributed by atoms with Crippen LogP contribution in [0.15, 0.2) is 30.3 Å². The third-order valence-corrected chi connectivity index (χ3v) is 3.91. The Morgan fingerprint density at radius 2 is 1.79 bits per heavy atom. The number of halogens is 3. The summed E-state index contributed by atoms with van der Waals surface area (Å²) in [6.07, 6.45) is 0.288. The number of amides is 2. The molecule has 0 aliphatic carbocycles. The summed E-state index contributed by atoms with van der Waals surface area (Å²) < 4.78 is 5.10. The van der Waals surface area contributed by atoms with Gasteiger partial charge in [-0.1, -0.05) is 34.8 Å². The fraction of sp³-hybridized carbons (Fsp3) is 0.188. The fourth-order valence-corrected chi connectivity index (χ4v) is 2.93. The summed E-state index contributed by atoms with van der Waals surface area (Å²) >= 11 is 18.1. The van der Waals surface area contributed by atoms with Gasteiger partial charge in [-0.3, -0.25) is 0 Å². The number of hydrogen-bond donors (Lipinski definition) is 3. The smallest absolute Gasteiger partial charge is 0.323 e. The molecule has 0 unspecified atom stereocenters. The summed E-state index contributed by atoms with van der Waals surface area (Å²) in [5.74, 6) is 0.518. The highest BCUT2D eigenvalue weighted by Gasteiger charge is 2.12. The molecule has 3 N–H and O–H groups in total. The Hall–Kier alpha value is -1.66. The van der Waals surface area contributed by atoms with Gasteiger partial charge in [-0.2, -0.15) is 0 Å². The molecule has 128 valence electrons. The van der Waals surface area contributed by atoms with Crippen LogP contribution in [0.2, 0.25) is 15.1 Å². The molecule has 0 aliphatic heterocycles. The molecule has 2 amide bonds. The van der Waals surface area contributed by atoms with Crippen LogP contribution in [0.3, 0.4) is 0 Å². The third kappa shape index (κ3) is 4.92. The predicted octanol–water partition coefficient (Wildman–Crippen LogP) is 4.83. The van der Waals surface area contributed by atoms with E-state index in [4.69, 9.17) is 44.6 Å². The molecule has 5 nitrogen and oxygen atoms in total. The SMILES string of the molecule is COc1cc(Cl)cc(NC(=O)Nc2cc(Cl)cc(Cl)c2CCO)c1. The Labute approximate surface area is 154 Å². The van der Waals surface area contributed by atoms with E-state index in [9.17, 15) is 4.79 Å². The zero-order valence-electron chi connectivity index (χ0n) is 12.7. The van der Waals surface area contributed by atoms with Gasteiger partial charge in [-0.05, 0) is 36.2 Å². The summed E-state index contributed by atoms with van der Waals surface area (Å²) in [7, 11) is 1.50. The quantitative estimate of drug-likeness (QED) is 0.685. The second-order valence-corrected chi connectivity index (χ2v) is 6.13. The molecule has 0 aromatic heterocycles. The van der Waals surface area contributed by atoms with Gasteiger partial charge >= 0.3 is 6.03 Å². The summed E-state index contributed by atoms with van der Waals surface area (Å²) in [5.41, 5.74) is 1.49. The van der Waals surface area contributed by atoms with Gasteiger partial charge in [-0.15, -0.1) is 0 Å². The largest absolute Gasteiger partial charge is 0.497 e. The van der Waals surface area contributed by atoms with E-state index in [-0.39, 0.29) is 13.0 Å². The van der Waals surface area contributed by atoms with Crippen molar-refractivity contribution in [1.29, 1.82) is 0 Å². The number of carbonyl (C=O) groups excluding carboxylic acids is 1. The maximum absolute atomic E-state index is 12.2. The van der Waals surface area contributed by atoms with Crippen LogP contribution in [-0.2, 0) is 6.42 Å². The molecule has 8 heteroatoms. The highest BCUT2D eigenvalue weighted by Crippen LogP contribution is 2.30. The van der Waals surface area contributed by atoms with Crippen LogP contribution in [0.5, 0.6) is 5.75 Å². The van der Waals surface area contributed by atoms with E-state index in [0.29, 0.717) is 37.8 Å². The second-order valence-electron chi connectivity index (χ2n) is 4.85. The second kappa shape index (κ2) is 8.44. The van der Waals surface area contributed by atoms with E-state index in [1.165, 1.54) is 7.11 Å². The van der Waals surface area contributed by atoms with Gasteiger partial charge in [0.05, 0.1) is 7.11 Å². The van der Waals surface area contributed by atoms with E-state index in [1.807, 2.05) is 0 Å². The number of methoxy groups -OCH3 is 1. The molecular weight excluding hydrogens is 375 g/mol. The minimum absolute atomic E-state index is 0.108. The van der Waals surface area contributed by atoms with Gasteiger partial charge in [0.25, 0.3) is 0 Å². The molecule has 2 aromatic rings. The molecule has 0 saturated carbocycles. The maximum atomic E-state index is 12.2. The lowest BCUT2D eigenvalue weighted by atomic mass is 10.1. The zero-order valence-corrected chi connectivity index (χ0v) is 15.0. The van der Waals surface area contributed by atoms with Crippen molar-refractivity contribution in [1.82, 2.24) is 0 Å². The fourth-order valence-electron chi connectivity index (χ4n) is 2.12. The third-order valence-electron chi connectivity index (χ3n) is 3.14. The van der Waals surface area contributed by atoms with Crippen LogP contribution in [0.4, 0.5) is 16.2 Å². The number of ether oxygens (including phenoxy) is 1. The molecular formula is C16H15Cl3N2O3. The molecule has 2 rings (SSSR count). The zero-order chi connectivity index (χ0) is 17.7. The number of anilines is 2. The topological polar surface area (TPSA) is 70.6 Å². The molecule has 0 spiro atoms. The van der Waals surface area contributed by atoms with Gasteiger partial charge in [0.2, 0.25) is 0 Å². The number of carbonyl (C=O) groups is 1. The number of benzene rings is 2. The van der Waals surface area contributed by atoms with Gasteiger partial charge in [0.15, 0.2) is 0 Å². The van der Waals surface area contributed by atoms with E-state index in [2.05, 4.69) is 10.6 Å². The molecule has 2 aromatic carbocycles. The van der Waals surface area contributed by atoms with Crippen molar-refractivity contribution in [2.45, 2.75) is 6.42 Å². The van der Waals surface area contributed by atoms with Crippen molar-refractivity contribution in [2.75, 3.05) is 24.4 Å². The maximum Gasteiger partial charge on any atom is 0.323 e. The van der Waals surface area contributed by atoms with Crippen LogP contribution in [0.25, 0.3) is 0 Å². The molecule has 0 heterocycles. The minimum atomic E-state index is -0.503. The summed E-state index contributed by atoms with van der Waals surface area (Å²) in [6, 6.07) is 7.46. The summed E-state index contributed by atoms with van der Waals surface area (Å²) in [4.78, 5) is 12.2. The number of nitrogens with one attached hydrogen (secondary N) is 2. The summed E-state index contributed by atoms with van der Waals surface area (Å²) in [5, 5.41) is 15.6. The van der Waals surface area contributed by atoms with Crippen molar-refractivity contribution in [3.05, 3.63) is 51.0 Å². The van der Waals surface area contributed by atoms with Gasteiger partial charge in [-0.25, -0.2) is 4.79 Å². The monoisotopic (exact) mass is 388 g/mol. The van der Waals surface area contributed by atoms with Crippen molar-refractivity contribution in [3.63, 3.8) is 0 Å². The number of rotatable bonds is 5. The van der Waals surface area contributed by atoms with Crippen molar-refractivity contribution < 1.29 is 14.6 Å². The van der Waals surface area contributed by atoms with Crippen LogP contribution < -0.4 is 15.4 Å². The molecule has 0 aliphatic rings. The standard InChI is InChI=1S/C16H15Cl3N2O3/c1-24-12-5-9(17)4-11(8-12)20-16(23)21-15-7-10(18)6-14(19)13(15)2-3-22/h4-8,22H,2-3H2,1H3,(H2,20,21,23). The number of aliphatic hydroxyl groups is 1. The Morgan fingerprint density at radius 3 is 2.46 bits per heavy atom. The Balaban J connectivity index is 2.19. The van der Waals surface area contributed by atoms with Crippen molar-refractivity contribution in [3.8, 4) is 5.75 Å². The normalized spacial score (nSPS) is 10.4. The first-order valence-electron chi connectivity index (χ1n) is 6.94. The molecule has 0 atom stereocenters. The molecule has 0 bridgehead atoms. The minimum Gasteiger partial charge on any atom is -0.497 e. The van der Waals surface area contributed by atoms with Gasteiger partial charge in [0, 0.05) is 39.1 Å². The molecule has 24 heavy (non-hydrogen) atoms. The van der Waals surface area contributed by atoms with Crippen molar-refractivity contribution >= 4 is 52.2 Å². The van der Waals surface area contributed by atoms with E-state index in [1.54, 1.807) is 30.3 Å². The van der Waals surface area contributed by atoms with Crippen LogP contribution in [-0.4, -0.2) is 24.9 Å². The predicted molar refractivity (Wildman–Crippen MR) is 97.9 cm³/mol. The van der Waals surface area contributed by atoms with Crippen LogP contribution >= 0.6 is 34.8 Å². The van der Waals surface area contributed by atoms with E-state index < -0.39 is 6.03 Å². The van der Waals surface area contributed by atoms with E-state index in [0.717, 1.165) is 0 Å². The molecule has 0 fully saturated rings. The molecule has 0 saturated heterocycles. The Morgan fingerprint density at radius 1 is 1.08 bits per heavy atom. The first-order valence-corrected chi connectivity index (χ1v) is 8.07. The number of urea groups is 1. The van der Waals surface area contributed by atoms with Crippen molar-refractivity contribution in [2.24, 2.45) is 0 Å². The average molecular weight is 390 g/mol. The Bertz CT molecular complexity index is 754. The van der Waals surface area contributed by atoms with Crippen LogP contribution in [0.1, 0.15) is 5.56 Å². The highest BCUT2D eigenvalue weighted by atomic mass is 35.5. The van der Waals surface area contributed by atoms with E-state index >= 15 is 0 Å². The molecule has 0 radical (unpaired) electrons. The van der Waals surface area contributed by atoms with Gasteiger partial charge < -0.3 is 20.5 Å². The lowest BCUT2D eigenvalue weighted by molar-refractivity contribution is 0.262. The Kier molecular flexibility index (Phi) is 6.57. The lowest BCUT2D eigenvalue weighted by Crippen LogP contribution is -2.20. The summed E-state index contributed by atoms with van der Waals surface area (Å²) in [6.45, 7) is -0.108.